The predicted molar refractivity (Wildman–Crippen MR) is 153 cm³/mol. The quantitative estimate of drug-likeness (QED) is 0.487. The molecule has 1 amide bonds. The predicted octanol–water partition coefficient (Wildman–Crippen LogP) is 3.27. The lowest BCUT2D eigenvalue weighted by Gasteiger charge is -2.33. The summed E-state index contributed by atoms with van der Waals surface area (Å²) in [6, 6.07) is 5.96. The van der Waals surface area contributed by atoms with Gasteiger partial charge in [0.1, 0.15) is 12.4 Å². The molecule has 2 aliphatic heterocycles. The Morgan fingerprint density at radius 1 is 1.12 bits per heavy atom. The van der Waals surface area contributed by atoms with Gasteiger partial charge in [-0.2, -0.15) is 13.5 Å². The number of sulfonamides is 1. The Bertz CT molecular complexity index is 1610. The lowest BCUT2D eigenvalue weighted by atomic mass is 9.88. The third kappa shape index (κ3) is 6.04. The highest BCUT2D eigenvalue weighted by atomic mass is 32.2. The first-order valence-electron chi connectivity index (χ1n) is 13.9. The van der Waals surface area contributed by atoms with Crippen LogP contribution >= 0.6 is 0 Å². The lowest BCUT2D eigenvalue weighted by Crippen LogP contribution is -2.45. The van der Waals surface area contributed by atoms with Crippen molar-refractivity contribution in [3.8, 4) is 17.0 Å². The van der Waals surface area contributed by atoms with Crippen LogP contribution in [0.5, 0.6) is 5.88 Å². The van der Waals surface area contributed by atoms with E-state index in [0.717, 1.165) is 13.1 Å². The van der Waals surface area contributed by atoms with Crippen molar-refractivity contribution >= 4 is 15.9 Å². The zero-order valence-electron chi connectivity index (χ0n) is 24.4. The van der Waals surface area contributed by atoms with Crippen molar-refractivity contribution in [2.45, 2.75) is 57.1 Å². The minimum atomic E-state index is -4.70. The van der Waals surface area contributed by atoms with Crippen LogP contribution in [0.25, 0.3) is 11.1 Å². The summed E-state index contributed by atoms with van der Waals surface area (Å²) < 4.78 is 67.2. The molecule has 2 aliphatic rings. The Labute approximate surface area is 244 Å². The first-order chi connectivity index (χ1) is 19.7. The Morgan fingerprint density at radius 2 is 1.83 bits per heavy atom. The molecule has 0 radical (unpaired) electrons. The van der Waals surface area contributed by atoms with E-state index in [0.29, 0.717) is 35.3 Å². The summed E-state index contributed by atoms with van der Waals surface area (Å²) in [6.07, 6.45) is 1.14. The molecule has 2 aromatic heterocycles. The molecule has 0 saturated carbocycles. The van der Waals surface area contributed by atoms with E-state index in [9.17, 15) is 17.6 Å². The number of carbonyl (C=O) groups excluding carboxylic acids is 1. The number of benzene rings is 1. The number of carbonyl (C=O) groups is 1. The molecule has 0 spiro atoms. The fraction of sp³-hybridized carbons (Fsp3) is 0.483. The van der Waals surface area contributed by atoms with Gasteiger partial charge in [0.2, 0.25) is 16.8 Å². The molecule has 13 heteroatoms. The second-order valence-electron chi connectivity index (χ2n) is 11.9. The lowest BCUT2D eigenvalue weighted by molar-refractivity contribution is -0.118. The molecule has 10 nitrogen and oxygen atoms in total. The summed E-state index contributed by atoms with van der Waals surface area (Å²) in [4.78, 5) is 21.8. The van der Waals surface area contributed by atoms with E-state index in [-0.39, 0.29) is 37.1 Å². The third-order valence-electron chi connectivity index (χ3n) is 7.76. The average molecular weight is 603 g/mol. The maximum Gasteiger partial charge on any atom is 0.286 e. The summed E-state index contributed by atoms with van der Waals surface area (Å²) in [7, 11) is -2.69. The van der Waals surface area contributed by atoms with Crippen LogP contribution in [0.4, 0.5) is 8.78 Å². The van der Waals surface area contributed by atoms with E-state index in [4.69, 9.17) is 4.74 Å². The average Bonchev–Trinajstić information content (AvgIpc) is 3.26. The summed E-state index contributed by atoms with van der Waals surface area (Å²) >= 11 is 0. The van der Waals surface area contributed by atoms with E-state index in [1.165, 1.54) is 23.0 Å². The van der Waals surface area contributed by atoms with Gasteiger partial charge in [-0.15, -0.1) is 0 Å². The maximum atomic E-state index is 16.1. The number of fused-ring (bicyclic) bond motifs is 6. The molecule has 1 fully saturated rings. The Morgan fingerprint density at radius 3 is 2.52 bits per heavy atom. The van der Waals surface area contributed by atoms with Gasteiger partial charge in [-0.1, -0.05) is 13.8 Å². The van der Waals surface area contributed by atoms with Crippen molar-refractivity contribution in [3.05, 3.63) is 58.9 Å². The topological polar surface area (TPSA) is 110 Å². The van der Waals surface area contributed by atoms with Crippen LogP contribution in [-0.4, -0.2) is 78.7 Å². The van der Waals surface area contributed by atoms with Crippen molar-refractivity contribution in [1.29, 1.82) is 0 Å². The molecule has 0 unspecified atom stereocenters. The molecule has 226 valence electrons. The number of hydrogen-bond donors (Lipinski definition) is 1. The monoisotopic (exact) mass is 602 g/mol. The number of pyridine rings is 1. The summed E-state index contributed by atoms with van der Waals surface area (Å²) in [5.41, 5.74) is 1.03. The zero-order chi connectivity index (χ0) is 30.4. The largest absolute Gasteiger partial charge is 0.475 e. The van der Waals surface area contributed by atoms with Crippen molar-refractivity contribution < 1.29 is 26.7 Å². The minimum absolute atomic E-state index is 0.0284. The molecule has 0 aliphatic carbocycles. The molecule has 5 rings (SSSR count). The molecule has 3 aromatic rings. The van der Waals surface area contributed by atoms with Gasteiger partial charge >= 0.3 is 0 Å². The van der Waals surface area contributed by atoms with E-state index in [1.807, 2.05) is 30.5 Å². The molecule has 4 heterocycles. The molecule has 0 atom stereocenters. The molecular weight excluding hydrogens is 566 g/mol. The van der Waals surface area contributed by atoms with Crippen molar-refractivity contribution in [1.82, 2.24) is 29.3 Å². The number of nitrogens with one attached hydrogen (secondary N) is 1. The third-order valence-corrected chi connectivity index (χ3v) is 9.03. The maximum absolute atomic E-state index is 16.1. The first kappa shape index (κ1) is 30.1. The number of nitrogens with zero attached hydrogens (tertiary/aromatic N) is 5. The van der Waals surface area contributed by atoms with Crippen molar-refractivity contribution in [2.75, 3.05) is 39.8 Å². The van der Waals surface area contributed by atoms with E-state index < -0.39 is 38.1 Å². The SMILES string of the molecule is CC(C)c1cc(F)cc2c1CC(=O)NS(=O)(=O)c1nn(c(CN3CCN(C)CC3)c1F)C(C)(C)COc1cc-2ccn1. The second kappa shape index (κ2) is 11.3. The number of ether oxygens (including phenoxy) is 1. The van der Waals surface area contributed by atoms with Crippen LogP contribution in [0.15, 0.2) is 35.5 Å². The highest BCUT2D eigenvalue weighted by Gasteiger charge is 2.36. The number of hydrogen-bond acceptors (Lipinski definition) is 8. The standard InChI is InChI=1S/C29H36F2N6O4S/c1-18(2)21-13-20(30)14-22-19-6-7-32-26(12-19)41-17-29(3,4)37-24(16-36-10-8-35(5)9-11-36)27(31)28(33-37)42(39,40)34-25(38)15-23(21)22/h6-7,12-14,18H,8-11,15-17H2,1-5H3,(H,34,38). The number of halogens is 2. The minimum Gasteiger partial charge on any atom is -0.475 e. The highest BCUT2D eigenvalue weighted by Crippen LogP contribution is 2.34. The smallest absolute Gasteiger partial charge is 0.286 e. The molecule has 1 saturated heterocycles. The van der Waals surface area contributed by atoms with Gasteiger partial charge in [0.25, 0.3) is 10.0 Å². The normalized spacial score (nSPS) is 19.4. The van der Waals surface area contributed by atoms with Gasteiger partial charge in [-0.3, -0.25) is 14.4 Å². The number of aromatic nitrogens is 3. The summed E-state index contributed by atoms with van der Waals surface area (Å²) in [5, 5.41) is 3.37. The van der Waals surface area contributed by atoms with E-state index >= 15 is 4.39 Å². The summed E-state index contributed by atoms with van der Waals surface area (Å²) in [6.45, 7) is 10.2. The van der Waals surface area contributed by atoms with Gasteiger partial charge in [0.15, 0.2) is 5.82 Å². The molecule has 42 heavy (non-hydrogen) atoms. The van der Waals surface area contributed by atoms with Crippen LogP contribution in [0.2, 0.25) is 0 Å². The van der Waals surface area contributed by atoms with Crippen LogP contribution < -0.4 is 9.46 Å². The zero-order valence-corrected chi connectivity index (χ0v) is 25.3. The Kier molecular flexibility index (Phi) is 8.12. The van der Waals surface area contributed by atoms with Gasteiger partial charge < -0.3 is 9.64 Å². The van der Waals surface area contributed by atoms with Crippen molar-refractivity contribution in [2.24, 2.45) is 0 Å². The fourth-order valence-corrected chi connectivity index (χ4v) is 6.44. The number of likely N-dealkylation sites (N-methyl/N-ethyl adjacent to an activating group) is 1. The van der Waals surface area contributed by atoms with Crippen LogP contribution in [0, 0.1) is 11.6 Å². The number of amides is 1. The number of rotatable bonds is 3. The van der Waals surface area contributed by atoms with Crippen LogP contribution in [0.1, 0.15) is 50.4 Å². The fourth-order valence-electron chi connectivity index (χ4n) is 5.43. The van der Waals surface area contributed by atoms with Gasteiger partial charge in [0, 0.05) is 45.0 Å². The molecule has 1 N–H and O–H groups in total. The second-order valence-corrected chi connectivity index (χ2v) is 13.5. The molecule has 4 bridgehead atoms. The van der Waals surface area contributed by atoms with Crippen molar-refractivity contribution in [3.63, 3.8) is 0 Å². The van der Waals surface area contributed by atoms with Gasteiger partial charge in [0.05, 0.1) is 17.7 Å². The summed E-state index contributed by atoms with van der Waals surface area (Å²) in [5.74, 6) is -2.34. The molecule has 1 aromatic carbocycles. The van der Waals surface area contributed by atoms with E-state index in [1.54, 1.807) is 26.0 Å². The van der Waals surface area contributed by atoms with E-state index in [2.05, 4.69) is 15.0 Å². The molecular formula is C29H36F2N6O4S. The van der Waals surface area contributed by atoms with Gasteiger partial charge in [-0.25, -0.2) is 18.5 Å². The van der Waals surface area contributed by atoms with Crippen LogP contribution in [0.3, 0.4) is 0 Å². The van der Waals surface area contributed by atoms with Crippen LogP contribution in [-0.2, 0) is 33.3 Å². The Balaban J connectivity index is 1.64. The first-order valence-corrected chi connectivity index (χ1v) is 15.4. The number of piperazine rings is 1. The highest BCUT2D eigenvalue weighted by molar-refractivity contribution is 7.90. The van der Waals surface area contributed by atoms with Gasteiger partial charge in [-0.05, 0) is 67.3 Å². The Hall–Kier alpha value is -3.42.